The van der Waals surface area contributed by atoms with Crippen LogP contribution in [0.1, 0.15) is 0 Å². The number of hydrogen-bond donors (Lipinski definition) is 7. The predicted octanol–water partition coefficient (Wildman–Crippen LogP) is -3.11. The van der Waals surface area contributed by atoms with Gasteiger partial charge in [0, 0.05) is 0 Å². The van der Waals surface area contributed by atoms with Crippen molar-refractivity contribution in [3.63, 3.8) is 0 Å². The Morgan fingerprint density at radius 3 is 1.11 bits per heavy atom. The molecule has 0 spiro atoms. The first-order valence-corrected chi connectivity index (χ1v) is 6.80. The minimum absolute atomic E-state index is 0. The molecule has 10 N–H and O–H groups in total. The maximum absolute atomic E-state index is 9.63. The van der Waals surface area contributed by atoms with Gasteiger partial charge in [0.05, 0.1) is 0 Å². The summed E-state index contributed by atoms with van der Waals surface area (Å²) in [5.74, 6) is 0.125. The molecule has 1 rings (SSSR count). The summed E-state index contributed by atoms with van der Waals surface area (Å²) in [5, 5.41) is 0. The summed E-state index contributed by atoms with van der Waals surface area (Å²) in [6.07, 6.45) is 0. The van der Waals surface area contributed by atoms with Crippen LogP contribution in [0.4, 0.5) is 17.8 Å². The van der Waals surface area contributed by atoms with E-state index in [4.69, 9.17) is 36.8 Å². The Bertz CT molecular complexity index is 431. The van der Waals surface area contributed by atoms with Gasteiger partial charge in [-0.25, -0.2) is 9.13 Å². The van der Waals surface area contributed by atoms with E-state index in [0.29, 0.717) is 0 Å². The van der Waals surface area contributed by atoms with Gasteiger partial charge in [0.25, 0.3) is 0 Å². The molecule has 0 saturated carbocycles. The van der Waals surface area contributed by atoms with Gasteiger partial charge >= 0.3 is 53.4 Å². The number of nitrogens with two attached hydrogens (primary N) is 3. The number of phosphoric acid groups is 2. The number of rotatable bonds is 2. The number of hydrogen-bond acceptors (Lipinski definition) is 9. The van der Waals surface area contributed by atoms with E-state index in [2.05, 4.69) is 19.3 Å². The Morgan fingerprint density at radius 2 is 1.00 bits per heavy atom. The fourth-order valence-corrected chi connectivity index (χ4v) is 1.67. The fourth-order valence-electron chi connectivity index (χ4n) is 0.566. The molecule has 0 atom stereocenters. The minimum atomic E-state index is -5.05. The molecule has 13 nitrogen and oxygen atoms in total. The van der Waals surface area contributed by atoms with E-state index in [1.807, 2.05) is 0 Å². The quantitative estimate of drug-likeness (QED) is 0.207. The molecule has 1 aromatic heterocycles. The SMILES string of the molecule is Nc1nc(N)nc(N)n1.O=P(O)(O)OP(=O)(O)O.[CaH2]. The Balaban J connectivity index is 0. The van der Waals surface area contributed by atoms with Crippen LogP contribution in [0.5, 0.6) is 0 Å². The van der Waals surface area contributed by atoms with E-state index in [1.165, 1.54) is 0 Å². The van der Waals surface area contributed by atoms with Crippen molar-refractivity contribution in [3.05, 3.63) is 0 Å². The van der Waals surface area contributed by atoms with Crippen molar-refractivity contribution in [3.8, 4) is 0 Å². The van der Waals surface area contributed by atoms with Crippen molar-refractivity contribution in [2.24, 2.45) is 0 Å². The fraction of sp³-hybridized carbons (Fsp3) is 0. The van der Waals surface area contributed by atoms with Crippen molar-refractivity contribution in [2.75, 3.05) is 17.2 Å². The van der Waals surface area contributed by atoms with Gasteiger partial charge in [-0.05, 0) is 0 Å². The van der Waals surface area contributed by atoms with Crippen LogP contribution in [0, 0.1) is 0 Å². The Hall–Kier alpha value is -0.0703. The third-order valence-electron chi connectivity index (χ3n) is 0.900. The summed E-state index contributed by atoms with van der Waals surface area (Å²) < 4.78 is 22.2. The molecular weight excluding hydrogens is 334 g/mol. The van der Waals surface area contributed by atoms with Crippen LogP contribution in [-0.2, 0) is 13.4 Å². The van der Waals surface area contributed by atoms with Crippen molar-refractivity contribution >= 4 is 71.2 Å². The second-order valence-corrected chi connectivity index (χ2v) is 5.09. The third kappa shape index (κ3) is 14.2. The van der Waals surface area contributed by atoms with Crippen molar-refractivity contribution in [1.82, 2.24) is 15.0 Å². The molecule has 0 fully saturated rings. The molecule has 0 bridgehead atoms. The normalized spacial score (nSPS) is 10.9. The predicted molar refractivity (Wildman–Crippen MR) is 66.8 cm³/mol. The van der Waals surface area contributed by atoms with Crippen molar-refractivity contribution in [2.45, 2.75) is 0 Å². The molecule has 19 heavy (non-hydrogen) atoms. The van der Waals surface area contributed by atoms with Crippen LogP contribution in [0.3, 0.4) is 0 Å². The zero-order chi connectivity index (χ0) is 14.6. The second-order valence-electron chi connectivity index (χ2n) is 2.47. The van der Waals surface area contributed by atoms with Crippen LogP contribution in [0.15, 0.2) is 0 Å². The van der Waals surface area contributed by atoms with Gasteiger partial charge in [0.15, 0.2) is 0 Å². The molecule has 1 heterocycles. The van der Waals surface area contributed by atoms with Crippen LogP contribution < -0.4 is 17.2 Å². The van der Waals surface area contributed by atoms with E-state index in [-0.39, 0.29) is 55.6 Å². The molecule has 108 valence electrons. The topological polar surface area (TPSA) is 241 Å². The Kier molecular flexibility index (Phi) is 9.24. The molecule has 16 heteroatoms. The van der Waals surface area contributed by atoms with Gasteiger partial charge in [-0.3, -0.25) is 0 Å². The number of aromatic nitrogens is 3. The van der Waals surface area contributed by atoms with E-state index in [0.717, 1.165) is 0 Å². The Morgan fingerprint density at radius 1 is 0.789 bits per heavy atom. The summed E-state index contributed by atoms with van der Waals surface area (Å²) in [6.45, 7) is 0. The number of nitrogens with zero attached hydrogens (tertiary/aromatic N) is 3. The molecule has 1 aromatic rings. The Labute approximate surface area is 136 Å². The van der Waals surface area contributed by atoms with E-state index in [1.54, 1.807) is 0 Å². The average Bonchev–Trinajstić information content (AvgIpc) is 1.92. The molecule has 0 aromatic carbocycles. The first kappa shape index (κ1) is 21.2. The van der Waals surface area contributed by atoms with Crippen LogP contribution in [0.25, 0.3) is 0 Å². The van der Waals surface area contributed by atoms with Crippen LogP contribution in [-0.4, -0.2) is 72.3 Å². The zero-order valence-electron chi connectivity index (χ0n) is 8.48. The van der Waals surface area contributed by atoms with Gasteiger partial charge < -0.3 is 36.8 Å². The van der Waals surface area contributed by atoms with E-state index < -0.39 is 15.6 Å². The van der Waals surface area contributed by atoms with Gasteiger partial charge in [-0.15, -0.1) is 0 Å². The standard InChI is InChI=1S/C3H6N6.Ca.H4O7P2.2H/c4-1-7-2(5)9-3(6)8-1;;1-8(2,3)7-9(4,5)6;;/h(H6,4,5,6,7,8,9);;(H2,1,2,3)(H2,4,5,6);;. The third-order valence-corrected chi connectivity index (χ3v) is 2.60. The van der Waals surface area contributed by atoms with E-state index in [9.17, 15) is 9.13 Å². The average molecular weight is 346 g/mol. The molecule has 0 amide bonds. The first-order valence-electron chi connectivity index (χ1n) is 3.74. The number of anilines is 3. The van der Waals surface area contributed by atoms with Gasteiger partial charge in [0.2, 0.25) is 17.8 Å². The van der Waals surface area contributed by atoms with Gasteiger partial charge in [-0.2, -0.15) is 19.3 Å². The molecule has 0 radical (unpaired) electrons. The second kappa shape index (κ2) is 8.27. The maximum atomic E-state index is 9.63. The summed E-state index contributed by atoms with van der Waals surface area (Å²) in [7, 11) is -10.1. The molecule has 0 unspecified atom stereocenters. The van der Waals surface area contributed by atoms with Crippen molar-refractivity contribution < 1.29 is 33.0 Å². The monoisotopic (exact) mass is 346 g/mol. The molecular formula is C3H12CaN6O7P2. The molecule has 0 aliphatic carbocycles. The number of nitrogen functional groups attached to an aromatic ring is 3. The van der Waals surface area contributed by atoms with Crippen LogP contribution in [0.2, 0.25) is 0 Å². The molecule has 0 saturated heterocycles. The van der Waals surface area contributed by atoms with E-state index >= 15 is 0 Å². The van der Waals surface area contributed by atoms with Crippen LogP contribution >= 0.6 is 15.6 Å². The first-order chi connectivity index (χ1) is 7.89. The summed E-state index contributed by atoms with van der Waals surface area (Å²) in [5.41, 5.74) is 15.4. The summed E-state index contributed by atoms with van der Waals surface area (Å²) in [4.78, 5) is 41.5. The van der Waals surface area contributed by atoms with Gasteiger partial charge in [-0.1, -0.05) is 0 Å². The van der Waals surface area contributed by atoms with Crippen molar-refractivity contribution in [1.29, 1.82) is 0 Å². The van der Waals surface area contributed by atoms with Gasteiger partial charge in [0.1, 0.15) is 0 Å². The molecule has 0 aliphatic rings. The summed E-state index contributed by atoms with van der Waals surface area (Å²) >= 11 is 0. The molecule has 0 aliphatic heterocycles. The zero-order valence-corrected chi connectivity index (χ0v) is 10.3. The summed E-state index contributed by atoms with van der Waals surface area (Å²) in [6, 6.07) is 0.